The fourth-order valence-corrected chi connectivity index (χ4v) is 4.61. The molecule has 0 fully saturated rings. The lowest BCUT2D eigenvalue weighted by atomic mass is 10.0. The maximum absolute atomic E-state index is 12.5. The number of thiophene rings is 1. The van der Waals surface area contributed by atoms with Crippen molar-refractivity contribution in [2.45, 2.75) is 6.92 Å². The Labute approximate surface area is 182 Å². The van der Waals surface area contributed by atoms with Crippen LogP contribution in [-0.2, 0) is 9.53 Å². The number of ether oxygens (including phenoxy) is 1. The predicted molar refractivity (Wildman–Crippen MR) is 121 cm³/mol. The summed E-state index contributed by atoms with van der Waals surface area (Å²) in [5.41, 5.74) is 4.13. The highest BCUT2D eigenvalue weighted by Crippen LogP contribution is 2.30. The summed E-state index contributed by atoms with van der Waals surface area (Å²) in [6.07, 6.45) is 0. The van der Waals surface area contributed by atoms with E-state index >= 15 is 0 Å². The summed E-state index contributed by atoms with van der Waals surface area (Å²) < 4.78 is 5.24. The van der Waals surface area contributed by atoms with Crippen molar-refractivity contribution in [1.29, 1.82) is 0 Å². The molecule has 4 aromatic rings. The Morgan fingerprint density at radius 1 is 1.00 bits per heavy atom. The molecule has 2 aromatic carbocycles. The summed E-state index contributed by atoms with van der Waals surface area (Å²) in [5.74, 6) is -0.940. The first-order chi connectivity index (χ1) is 14.6. The van der Waals surface area contributed by atoms with Gasteiger partial charge in [0, 0.05) is 22.2 Å². The SMILES string of the molecule is Cc1nc(-c2ccsc2)sc1C(=O)OCC(=O)Nc1ccccc1-c1ccccc1. The molecule has 2 aromatic heterocycles. The molecule has 30 heavy (non-hydrogen) atoms. The number of hydrogen-bond acceptors (Lipinski definition) is 6. The van der Waals surface area contributed by atoms with Crippen LogP contribution in [0.2, 0.25) is 0 Å². The largest absolute Gasteiger partial charge is 0.451 e. The minimum atomic E-state index is -0.544. The number of carbonyl (C=O) groups is 2. The molecule has 7 heteroatoms. The van der Waals surface area contributed by atoms with E-state index in [1.165, 1.54) is 11.3 Å². The van der Waals surface area contributed by atoms with E-state index in [1.807, 2.05) is 71.4 Å². The molecule has 0 radical (unpaired) electrons. The van der Waals surface area contributed by atoms with Gasteiger partial charge in [0.2, 0.25) is 0 Å². The fraction of sp³-hybridized carbons (Fsp3) is 0.0870. The van der Waals surface area contributed by atoms with Gasteiger partial charge in [-0.1, -0.05) is 48.5 Å². The van der Waals surface area contributed by atoms with Crippen molar-refractivity contribution in [2.24, 2.45) is 0 Å². The van der Waals surface area contributed by atoms with Crippen LogP contribution >= 0.6 is 22.7 Å². The Kier molecular flexibility index (Phi) is 6.02. The van der Waals surface area contributed by atoms with Gasteiger partial charge in [-0.3, -0.25) is 4.79 Å². The molecule has 0 saturated heterocycles. The van der Waals surface area contributed by atoms with Gasteiger partial charge in [-0.05, 0) is 30.0 Å². The Morgan fingerprint density at radius 2 is 1.77 bits per heavy atom. The van der Waals surface area contributed by atoms with Crippen molar-refractivity contribution in [3.8, 4) is 21.7 Å². The van der Waals surface area contributed by atoms with Crippen molar-refractivity contribution in [3.63, 3.8) is 0 Å². The minimum absolute atomic E-state index is 0.368. The van der Waals surface area contributed by atoms with Crippen LogP contribution < -0.4 is 5.32 Å². The first-order valence-electron chi connectivity index (χ1n) is 9.23. The van der Waals surface area contributed by atoms with E-state index in [0.29, 0.717) is 16.3 Å². The molecular formula is C23H18N2O3S2. The third-order valence-corrected chi connectivity index (χ3v) is 6.24. The first kappa shape index (κ1) is 20.0. The van der Waals surface area contributed by atoms with Crippen molar-refractivity contribution in [2.75, 3.05) is 11.9 Å². The lowest BCUT2D eigenvalue weighted by molar-refractivity contribution is -0.119. The van der Waals surface area contributed by atoms with E-state index < -0.39 is 11.9 Å². The van der Waals surface area contributed by atoms with Crippen LogP contribution in [0.4, 0.5) is 5.69 Å². The predicted octanol–water partition coefficient (Wildman–Crippen LogP) is 5.64. The van der Waals surface area contributed by atoms with Gasteiger partial charge in [0.25, 0.3) is 5.91 Å². The highest BCUT2D eigenvalue weighted by molar-refractivity contribution is 7.17. The van der Waals surface area contributed by atoms with Crippen LogP contribution in [0.15, 0.2) is 71.4 Å². The first-order valence-corrected chi connectivity index (χ1v) is 11.0. The van der Waals surface area contributed by atoms with Crippen molar-refractivity contribution < 1.29 is 14.3 Å². The summed E-state index contributed by atoms with van der Waals surface area (Å²) in [5, 5.41) is 7.53. The molecule has 0 aliphatic carbocycles. The van der Waals surface area contributed by atoms with Gasteiger partial charge in [0.1, 0.15) is 9.88 Å². The maximum atomic E-state index is 12.5. The number of benzene rings is 2. The zero-order valence-corrected chi connectivity index (χ0v) is 17.8. The lowest BCUT2D eigenvalue weighted by Crippen LogP contribution is -2.21. The quantitative estimate of drug-likeness (QED) is 0.399. The highest BCUT2D eigenvalue weighted by atomic mass is 32.1. The molecule has 1 N–H and O–H groups in total. The van der Waals surface area contributed by atoms with Gasteiger partial charge >= 0.3 is 5.97 Å². The average molecular weight is 435 g/mol. The second-order valence-corrected chi connectivity index (χ2v) is 8.26. The topological polar surface area (TPSA) is 68.3 Å². The van der Waals surface area contributed by atoms with Crippen molar-refractivity contribution in [1.82, 2.24) is 4.98 Å². The molecule has 4 rings (SSSR count). The van der Waals surface area contributed by atoms with E-state index in [1.54, 1.807) is 18.3 Å². The number of rotatable bonds is 6. The number of thiazole rings is 1. The molecule has 2 heterocycles. The molecule has 0 saturated carbocycles. The molecule has 0 atom stereocenters. The lowest BCUT2D eigenvalue weighted by Gasteiger charge is -2.11. The third-order valence-electron chi connectivity index (χ3n) is 4.37. The highest BCUT2D eigenvalue weighted by Gasteiger charge is 2.19. The number of esters is 1. The normalized spacial score (nSPS) is 10.6. The van der Waals surface area contributed by atoms with Crippen LogP contribution in [-0.4, -0.2) is 23.5 Å². The fourth-order valence-electron chi connectivity index (χ4n) is 2.94. The van der Waals surface area contributed by atoms with Crippen molar-refractivity contribution in [3.05, 3.63) is 82.0 Å². The maximum Gasteiger partial charge on any atom is 0.350 e. The zero-order valence-electron chi connectivity index (χ0n) is 16.1. The molecule has 0 bridgehead atoms. The Hall–Kier alpha value is -3.29. The van der Waals surface area contributed by atoms with Crippen molar-refractivity contribution >= 4 is 40.2 Å². The molecule has 0 unspecified atom stereocenters. The Morgan fingerprint density at radius 3 is 2.53 bits per heavy atom. The van der Waals surface area contributed by atoms with E-state index in [0.717, 1.165) is 21.7 Å². The summed E-state index contributed by atoms with van der Waals surface area (Å²) in [6.45, 7) is 1.40. The third kappa shape index (κ3) is 4.48. The van der Waals surface area contributed by atoms with Gasteiger partial charge in [-0.2, -0.15) is 11.3 Å². The van der Waals surface area contributed by atoms with Gasteiger partial charge < -0.3 is 10.1 Å². The number of amides is 1. The standard InChI is InChI=1S/C23H18N2O3S2/c1-15-21(30-22(24-15)17-11-12-29-14-17)23(27)28-13-20(26)25-19-10-6-5-9-18(19)16-7-3-2-4-8-16/h2-12,14H,13H2,1H3,(H,25,26). The van der Waals surface area contributed by atoms with Crippen LogP contribution in [0.5, 0.6) is 0 Å². The molecule has 150 valence electrons. The summed E-state index contributed by atoms with van der Waals surface area (Å²) in [7, 11) is 0. The summed E-state index contributed by atoms with van der Waals surface area (Å²) in [6, 6.07) is 19.2. The monoisotopic (exact) mass is 434 g/mol. The average Bonchev–Trinajstić information content (AvgIpc) is 3.43. The Balaban J connectivity index is 1.41. The number of hydrogen-bond donors (Lipinski definition) is 1. The van der Waals surface area contributed by atoms with E-state index in [2.05, 4.69) is 10.3 Å². The van der Waals surface area contributed by atoms with Gasteiger partial charge in [0.05, 0.1) is 5.69 Å². The molecule has 5 nitrogen and oxygen atoms in total. The van der Waals surface area contributed by atoms with E-state index in [9.17, 15) is 9.59 Å². The molecule has 0 spiro atoms. The number of aromatic nitrogens is 1. The second kappa shape index (κ2) is 9.02. The minimum Gasteiger partial charge on any atom is -0.451 e. The molecule has 1 amide bonds. The van der Waals surface area contributed by atoms with Gasteiger partial charge in [0.15, 0.2) is 6.61 Å². The number of para-hydroxylation sites is 1. The summed E-state index contributed by atoms with van der Waals surface area (Å²) >= 11 is 2.84. The van der Waals surface area contributed by atoms with Crippen LogP contribution in [0.3, 0.4) is 0 Å². The number of nitrogens with zero attached hydrogens (tertiary/aromatic N) is 1. The van der Waals surface area contributed by atoms with Crippen LogP contribution in [0.1, 0.15) is 15.4 Å². The van der Waals surface area contributed by atoms with Crippen LogP contribution in [0, 0.1) is 6.92 Å². The van der Waals surface area contributed by atoms with Gasteiger partial charge in [-0.25, -0.2) is 9.78 Å². The van der Waals surface area contributed by atoms with Crippen LogP contribution in [0.25, 0.3) is 21.7 Å². The molecule has 0 aliphatic rings. The second-order valence-electron chi connectivity index (χ2n) is 6.48. The smallest absolute Gasteiger partial charge is 0.350 e. The zero-order chi connectivity index (χ0) is 20.9. The number of carbonyl (C=O) groups excluding carboxylic acids is 2. The Bertz CT molecular complexity index is 1170. The number of nitrogens with one attached hydrogen (secondary N) is 1. The van der Waals surface area contributed by atoms with E-state index in [4.69, 9.17) is 4.74 Å². The molecule has 0 aliphatic heterocycles. The van der Waals surface area contributed by atoms with E-state index in [-0.39, 0.29) is 6.61 Å². The van der Waals surface area contributed by atoms with Gasteiger partial charge in [-0.15, -0.1) is 11.3 Å². The number of aryl methyl sites for hydroxylation is 1. The summed E-state index contributed by atoms with van der Waals surface area (Å²) in [4.78, 5) is 29.7. The molecular weight excluding hydrogens is 416 g/mol. The number of anilines is 1.